The minimum absolute atomic E-state index is 0.0509. The summed E-state index contributed by atoms with van der Waals surface area (Å²) in [5, 5.41) is 9.14. The molecular formula is C7H9N3O. The summed E-state index contributed by atoms with van der Waals surface area (Å²) < 4.78 is 0. The van der Waals surface area contributed by atoms with E-state index >= 15 is 0 Å². The molecule has 0 atom stereocenters. The van der Waals surface area contributed by atoms with Crippen molar-refractivity contribution >= 4 is 5.91 Å². The molecule has 1 aliphatic rings. The van der Waals surface area contributed by atoms with Crippen molar-refractivity contribution in [2.24, 2.45) is 0 Å². The Morgan fingerprint density at radius 3 is 3.09 bits per heavy atom. The summed E-state index contributed by atoms with van der Waals surface area (Å²) in [7, 11) is 0. The quantitative estimate of drug-likeness (QED) is 0.638. The second-order valence-corrected chi connectivity index (χ2v) is 2.72. The summed E-state index contributed by atoms with van der Waals surface area (Å²) in [6.45, 7) is 0. The number of H-pyrrole nitrogens is 1. The molecule has 0 spiro atoms. The van der Waals surface area contributed by atoms with Crippen molar-refractivity contribution in [2.45, 2.75) is 18.9 Å². The average Bonchev–Trinajstić information content (AvgIpc) is 2.67. The number of aromatic nitrogens is 2. The first kappa shape index (κ1) is 6.39. The number of carbonyl (C=O) groups is 1. The largest absolute Gasteiger partial charge is 0.348 e. The SMILES string of the molecule is O=C(NC1CC1)c1ccn[nH]1. The van der Waals surface area contributed by atoms with Crippen molar-refractivity contribution in [3.05, 3.63) is 18.0 Å². The Labute approximate surface area is 64.0 Å². The zero-order valence-corrected chi connectivity index (χ0v) is 6.00. The van der Waals surface area contributed by atoms with Crippen LogP contribution in [0.15, 0.2) is 12.3 Å². The van der Waals surface area contributed by atoms with Gasteiger partial charge in [-0.05, 0) is 18.9 Å². The lowest BCUT2D eigenvalue weighted by Gasteiger charge is -1.97. The van der Waals surface area contributed by atoms with E-state index in [1.165, 1.54) is 0 Å². The maximum absolute atomic E-state index is 11.2. The number of amides is 1. The number of nitrogens with zero attached hydrogens (tertiary/aromatic N) is 1. The Kier molecular flexibility index (Phi) is 1.38. The van der Waals surface area contributed by atoms with E-state index in [0.29, 0.717) is 11.7 Å². The van der Waals surface area contributed by atoms with Crippen LogP contribution in [0.2, 0.25) is 0 Å². The van der Waals surface area contributed by atoms with E-state index in [-0.39, 0.29) is 5.91 Å². The van der Waals surface area contributed by atoms with Gasteiger partial charge in [-0.1, -0.05) is 0 Å². The molecule has 0 aromatic carbocycles. The standard InChI is InChI=1S/C7H9N3O/c11-7(9-5-1-2-5)6-3-4-8-10-6/h3-5H,1-2H2,(H,8,10)(H,9,11). The van der Waals surface area contributed by atoms with E-state index in [0.717, 1.165) is 12.8 Å². The second kappa shape index (κ2) is 2.38. The molecule has 0 unspecified atom stereocenters. The van der Waals surface area contributed by atoms with Crippen molar-refractivity contribution in [1.29, 1.82) is 0 Å². The fourth-order valence-corrected chi connectivity index (χ4v) is 0.873. The number of aromatic amines is 1. The Morgan fingerprint density at radius 2 is 2.55 bits per heavy atom. The predicted octanol–water partition coefficient (Wildman–Crippen LogP) is 0.302. The van der Waals surface area contributed by atoms with Gasteiger partial charge in [-0.25, -0.2) is 0 Å². The molecule has 4 heteroatoms. The number of rotatable bonds is 2. The molecule has 1 fully saturated rings. The summed E-state index contributed by atoms with van der Waals surface area (Å²) in [4.78, 5) is 11.2. The van der Waals surface area contributed by atoms with E-state index in [1.807, 2.05) is 0 Å². The van der Waals surface area contributed by atoms with E-state index in [1.54, 1.807) is 12.3 Å². The molecule has 0 saturated heterocycles. The maximum atomic E-state index is 11.2. The van der Waals surface area contributed by atoms with Gasteiger partial charge in [0.15, 0.2) is 0 Å². The molecule has 1 amide bonds. The molecule has 1 aromatic rings. The molecule has 1 aromatic heterocycles. The highest BCUT2D eigenvalue weighted by Crippen LogP contribution is 2.18. The summed E-state index contributed by atoms with van der Waals surface area (Å²) in [6, 6.07) is 2.07. The van der Waals surface area contributed by atoms with Gasteiger partial charge in [0.2, 0.25) is 0 Å². The first-order valence-corrected chi connectivity index (χ1v) is 3.66. The third kappa shape index (κ3) is 1.39. The van der Waals surface area contributed by atoms with Crippen LogP contribution in [0.25, 0.3) is 0 Å². The Hall–Kier alpha value is -1.32. The van der Waals surface area contributed by atoms with Gasteiger partial charge < -0.3 is 5.32 Å². The molecule has 1 heterocycles. The highest BCUT2D eigenvalue weighted by Gasteiger charge is 2.23. The Balaban J connectivity index is 1.99. The number of hydrogen-bond acceptors (Lipinski definition) is 2. The van der Waals surface area contributed by atoms with Crippen LogP contribution in [0, 0.1) is 0 Å². The van der Waals surface area contributed by atoms with Crippen molar-refractivity contribution in [3.8, 4) is 0 Å². The van der Waals surface area contributed by atoms with E-state index < -0.39 is 0 Å². The average molecular weight is 151 g/mol. The van der Waals surface area contributed by atoms with Crippen LogP contribution in [0.3, 0.4) is 0 Å². The normalized spacial score (nSPS) is 16.4. The van der Waals surface area contributed by atoms with Crippen molar-refractivity contribution in [2.75, 3.05) is 0 Å². The van der Waals surface area contributed by atoms with Gasteiger partial charge in [-0.2, -0.15) is 5.10 Å². The summed E-state index contributed by atoms with van der Waals surface area (Å²) >= 11 is 0. The molecule has 11 heavy (non-hydrogen) atoms. The molecule has 2 N–H and O–H groups in total. The lowest BCUT2D eigenvalue weighted by molar-refractivity contribution is 0.0946. The summed E-state index contributed by atoms with van der Waals surface area (Å²) in [5.41, 5.74) is 0.539. The fraction of sp³-hybridized carbons (Fsp3) is 0.429. The molecule has 2 rings (SSSR count). The zero-order valence-electron chi connectivity index (χ0n) is 6.00. The molecule has 58 valence electrons. The topological polar surface area (TPSA) is 57.8 Å². The van der Waals surface area contributed by atoms with Crippen molar-refractivity contribution in [1.82, 2.24) is 15.5 Å². The van der Waals surface area contributed by atoms with E-state index in [9.17, 15) is 4.79 Å². The molecule has 0 bridgehead atoms. The third-order valence-electron chi connectivity index (χ3n) is 1.66. The lowest BCUT2D eigenvalue weighted by Crippen LogP contribution is -2.25. The third-order valence-corrected chi connectivity index (χ3v) is 1.66. The van der Waals surface area contributed by atoms with E-state index in [2.05, 4.69) is 15.5 Å². The fourth-order valence-electron chi connectivity index (χ4n) is 0.873. The minimum atomic E-state index is -0.0509. The number of nitrogens with one attached hydrogen (secondary N) is 2. The van der Waals surface area contributed by atoms with Crippen LogP contribution in [-0.2, 0) is 0 Å². The highest BCUT2D eigenvalue weighted by atomic mass is 16.2. The van der Waals surface area contributed by atoms with Crippen LogP contribution in [0.5, 0.6) is 0 Å². The van der Waals surface area contributed by atoms with Crippen LogP contribution in [0.1, 0.15) is 23.3 Å². The van der Waals surface area contributed by atoms with Crippen LogP contribution in [-0.4, -0.2) is 22.1 Å². The first-order chi connectivity index (χ1) is 5.36. The van der Waals surface area contributed by atoms with Crippen LogP contribution in [0.4, 0.5) is 0 Å². The number of carbonyl (C=O) groups excluding carboxylic acids is 1. The highest BCUT2D eigenvalue weighted by molar-refractivity contribution is 5.92. The smallest absolute Gasteiger partial charge is 0.269 e. The zero-order chi connectivity index (χ0) is 7.68. The van der Waals surface area contributed by atoms with Crippen molar-refractivity contribution < 1.29 is 4.79 Å². The molecular weight excluding hydrogens is 142 g/mol. The Morgan fingerprint density at radius 1 is 1.73 bits per heavy atom. The van der Waals surface area contributed by atoms with Crippen LogP contribution < -0.4 is 5.32 Å². The molecule has 0 radical (unpaired) electrons. The summed E-state index contributed by atoms with van der Waals surface area (Å²) in [6.07, 6.45) is 3.79. The molecule has 1 saturated carbocycles. The van der Waals surface area contributed by atoms with Gasteiger partial charge in [0.25, 0.3) is 5.91 Å². The lowest BCUT2D eigenvalue weighted by atomic mass is 10.4. The van der Waals surface area contributed by atoms with Gasteiger partial charge in [0.1, 0.15) is 5.69 Å². The van der Waals surface area contributed by atoms with Crippen molar-refractivity contribution in [3.63, 3.8) is 0 Å². The van der Waals surface area contributed by atoms with Gasteiger partial charge in [0.05, 0.1) is 0 Å². The molecule has 0 aliphatic heterocycles. The first-order valence-electron chi connectivity index (χ1n) is 3.66. The second-order valence-electron chi connectivity index (χ2n) is 2.72. The van der Waals surface area contributed by atoms with Crippen LogP contribution >= 0.6 is 0 Å². The van der Waals surface area contributed by atoms with Gasteiger partial charge >= 0.3 is 0 Å². The monoisotopic (exact) mass is 151 g/mol. The molecule has 1 aliphatic carbocycles. The van der Waals surface area contributed by atoms with Gasteiger partial charge in [0, 0.05) is 12.2 Å². The maximum Gasteiger partial charge on any atom is 0.269 e. The number of hydrogen-bond donors (Lipinski definition) is 2. The Bertz CT molecular complexity index is 251. The van der Waals surface area contributed by atoms with E-state index in [4.69, 9.17) is 0 Å². The summed E-state index contributed by atoms with van der Waals surface area (Å²) in [5.74, 6) is -0.0509. The molecule has 4 nitrogen and oxygen atoms in total. The van der Waals surface area contributed by atoms with Gasteiger partial charge in [-0.3, -0.25) is 9.89 Å². The minimum Gasteiger partial charge on any atom is -0.348 e. The van der Waals surface area contributed by atoms with Gasteiger partial charge in [-0.15, -0.1) is 0 Å². The predicted molar refractivity (Wildman–Crippen MR) is 39.1 cm³/mol.